The van der Waals surface area contributed by atoms with Crippen molar-refractivity contribution in [1.29, 1.82) is 5.26 Å². The molecule has 0 aliphatic carbocycles. The minimum Gasteiger partial charge on any atom is -0.330 e. The number of rotatable bonds is 7. The van der Waals surface area contributed by atoms with Gasteiger partial charge in [0.15, 0.2) is 4.34 Å². The Kier molecular flexibility index (Phi) is 6.63. The molecule has 0 aliphatic heterocycles. The van der Waals surface area contributed by atoms with Crippen LogP contribution in [-0.4, -0.2) is 21.4 Å². The highest BCUT2D eigenvalue weighted by Crippen LogP contribution is 2.31. The van der Waals surface area contributed by atoms with E-state index in [0.717, 1.165) is 12.1 Å². The molecule has 0 radical (unpaired) electrons. The molecule has 28 heavy (non-hydrogen) atoms. The second-order valence-corrected chi connectivity index (χ2v) is 8.48. The number of benzene rings is 2. The lowest BCUT2D eigenvalue weighted by molar-refractivity contribution is -0.115. The number of nitrogens with one attached hydrogen (secondary N) is 2. The third-order valence-electron chi connectivity index (χ3n) is 4.00. The molecule has 0 saturated carbocycles. The highest BCUT2D eigenvalue weighted by atomic mass is 32.2. The number of para-hydroxylation sites is 2. The molecule has 0 spiro atoms. The van der Waals surface area contributed by atoms with Gasteiger partial charge in [-0.05, 0) is 37.1 Å². The molecule has 0 unspecified atom stereocenters. The average Bonchev–Trinajstić information content (AvgIpc) is 3.15. The summed E-state index contributed by atoms with van der Waals surface area (Å²) >= 11 is 2.74. The van der Waals surface area contributed by atoms with Crippen LogP contribution in [0.5, 0.6) is 0 Å². The maximum absolute atomic E-state index is 12.5. The molecule has 142 valence electrons. The first kappa shape index (κ1) is 19.9. The lowest BCUT2D eigenvalue weighted by atomic mass is 10.1. The minimum absolute atomic E-state index is 0.186. The third-order valence-corrected chi connectivity index (χ3v) is 6.02. The Morgan fingerprint density at radius 2 is 1.89 bits per heavy atom. The second-order valence-electron chi connectivity index (χ2n) is 5.92. The van der Waals surface area contributed by atoms with E-state index in [9.17, 15) is 4.79 Å². The number of hydrogen-bond acceptors (Lipinski definition) is 7. The molecule has 0 fully saturated rings. The molecule has 8 heteroatoms. The summed E-state index contributed by atoms with van der Waals surface area (Å²) in [6.45, 7) is 3.91. The standard InChI is InChI=1S/C20H19N5OS2/c1-3-14-8-4-6-10-16(14)23-19-24-25-20(28-19)27-13(2)18(26)22-17-11-7-5-9-15(17)12-21/h4-11,13H,3H2,1-2H3,(H,22,26)(H,23,24)/t13-/m1/s1. The van der Waals surface area contributed by atoms with Crippen LogP contribution in [0.25, 0.3) is 0 Å². The summed E-state index contributed by atoms with van der Waals surface area (Å²) in [7, 11) is 0. The van der Waals surface area contributed by atoms with Crippen LogP contribution in [0.4, 0.5) is 16.5 Å². The molecule has 0 bridgehead atoms. The van der Waals surface area contributed by atoms with Gasteiger partial charge in [-0.15, -0.1) is 10.2 Å². The normalized spacial score (nSPS) is 11.5. The van der Waals surface area contributed by atoms with Crippen molar-refractivity contribution in [2.45, 2.75) is 29.9 Å². The van der Waals surface area contributed by atoms with Gasteiger partial charge >= 0.3 is 0 Å². The number of amides is 1. The van der Waals surface area contributed by atoms with E-state index in [1.807, 2.05) is 18.2 Å². The lowest BCUT2D eigenvalue weighted by Gasteiger charge is -2.11. The van der Waals surface area contributed by atoms with Crippen molar-refractivity contribution < 1.29 is 4.79 Å². The molecule has 2 aromatic carbocycles. The van der Waals surface area contributed by atoms with Gasteiger partial charge in [0.05, 0.1) is 16.5 Å². The van der Waals surface area contributed by atoms with Crippen molar-refractivity contribution in [2.24, 2.45) is 0 Å². The van der Waals surface area contributed by atoms with E-state index in [2.05, 4.69) is 39.9 Å². The van der Waals surface area contributed by atoms with Crippen LogP contribution in [0.1, 0.15) is 25.0 Å². The van der Waals surface area contributed by atoms with Crippen LogP contribution < -0.4 is 10.6 Å². The van der Waals surface area contributed by atoms with Crippen molar-refractivity contribution in [2.75, 3.05) is 10.6 Å². The monoisotopic (exact) mass is 409 g/mol. The second kappa shape index (κ2) is 9.35. The van der Waals surface area contributed by atoms with Crippen LogP contribution >= 0.6 is 23.1 Å². The van der Waals surface area contributed by atoms with Crippen LogP contribution in [0, 0.1) is 11.3 Å². The summed E-state index contributed by atoms with van der Waals surface area (Å²) in [6.07, 6.45) is 0.922. The Morgan fingerprint density at radius 1 is 1.18 bits per heavy atom. The zero-order valence-corrected chi connectivity index (χ0v) is 17.1. The SMILES string of the molecule is CCc1ccccc1Nc1nnc(S[C@H](C)C(=O)Nc2ccccc2C#N)s1. The highest BCUT2D eigenvalue weighted by molar-refractivity contribution is 8.02. The molecular formula is C20H19N5OS2. The van der Waals surface area contributed by atoms with E-state index in [1.165, 1.54) is 28.7 Å². The number of anilines is 3. The highest BCUT2D eigenvalue weighted by Gasteiger charge is 2.18. The van der Waals surface area contributed by atoms with E-state index >= 15 is 0 Å². The maximum Gasteiger partial charge on any atom is 0.237 e. The van der Waals surface area contributed by atoms with Crippen LogP contribution in [0.3, 0.4) is 0 Å². The molecular weight excluding hydrogens is 390 g/mol. The third kappa shape index (κ3) is 4.88. The van der Waals surface area contributed by atoms with Gasteiger partial charge < -0.3 is 10.6 Å². The quantitative estimate of drug-likeness (QED) is 0.543. The number of carbonyl (C=O) groups excluding carboxylic acids is 1. The topological polar surface area (TPSA) is 90.7 Å². The number of thioether (sulfide) groups is 1. The van der Waals surface area contributed by atoms with Gasteiger partial charge in [0.2, 0.25) is 11.0 Å². The van der Waals surface area contributed by atoms with E-state index in [0.29, 0.717) is 20.7 Å². The fraction of sp³-hybridized carbons (Fsp3) is 0.200. The number of aryl methyl sites for hydroxylation is 1. The Labute approximate surface area is 172 Å². The Hall–Kier alpha value is -2.89. The number of nitrogens with zero attached hydrogens (tertiary/aromatic N) is 3. The first-order chi connectivity index (χ1) is 13.6. The summed E-state index contributed by atoms with van der Waals surface area (Å²) in [5.41, 5.74) is 3.16. The smallest absolute Gasteiger partial charge is 0.237 e. The fourth-order valence-corrected chi connectivity index (χ4v) is 4.41. The van der Waals surface area contributed by atoms with Gasteiger partial charge in [-0.2, -0.15) is 5.26 Å². The molecule has 0 saturated heterocycles. The summed E-state index contributed by atoms with van der Waals surface area (Å²) in [4.78, 5) is 12.5. The average molecular weight is 410 g/mol. The summed E-state index contributed by atoms with van der Waals surface area (Å²) in [6, 6.07) is 17.1. The van der Waals surface area contributed by atoms with Gasteiger partial charge in [0, 0.05) is 5.69 Å². The first-order valence-corrected chi connectivity index (χ1v) is 10.5. The van der Waals surface area contributed by atoms with E-state index in [4.69, 9.17) is 5.26 Å². The number of hydrogen-bond donors (Lipinski definition) is 2. The zero-order valence-electron chi connectivity index (χ0n) is 15.5. The number of carbonyl (C=O) groups is 1. The van der Waals surface area contributed by atoms with Crippen molar-refractivity contribution in [3.05, 3.63) is 59.7 Å². The summed E-state index contributed by atoms with van der Waals surface area (Å²) < 4.78 is 0.702. The minimum atomic E-state index is -0.379. The zero-order chi connectivity index (χ0) is 19.9. The molecule has 1 aromatic heterocycles. The summed E-state index contributed by atoms with van der Waals surface area (Å²) in [5, 5.41) is 23.9. The molecule has 1 heterocycles. The van der Waals surface area contributed by atoms with Gasteiger partial charge in [-0.25, -0.2) is 0 Å². The van der Waals surface area contributed by atoms with Crippen LogP contribution in [-0.2, 0) is 11.2 Å². The molecule has 6 nitrogen and oxygen atoms in total. The van der Waals surface area contributed by atoms with Gasteiger partial charge in [0.1, 0.15) is 6.07 Å². The predicted octanol–water partition coefficient (Wildman–Crippen LogP) is 4.84. The van der Waals surface area contributed by atoms with Crippen molar-refractivity contribution >= 4 is 45.5 Å². The van der Waals surface area contributed by atoms with Crippen molar-refractivity contribution in [1.82, 2.24) is 10.2 Å². The first-order valence-electron chi connectivity index (χ1n) is 8.75. The van der Waals surface area contributed by atoms with Gasteiger partial charge in [-0.3, -0.25) is 4.79 Å². The fourth-order valence-electron chi connectivity index (χ4n) is 2.50. The number of aromatic nitrogens is 2. The number of nitriles is 1. The maximum atomic E-state index is 12.5. The summed E-state index contributed by atoms with van der Waals surface area (Å²) in [5.74, 6) is -0.186. The molecule has 3 rings (SSSR count). The molecule has 3 aromatic rings. The Bertz CT molecular complexity index is 1010. The lowest BCUT2D eigenvalue weighted by Crippen LogP contribution is -2.22. The van der Waals surface area contributed by atoms with Gasteiger partial charge in [0.25, 0.3) is 0 Å². The van der Waals surface area contributed by atoms with E-state index in [-0.39, 0.29) is 11.2 Å². The predicted molar refractivity (Wildman–Crippen MR) is 114 cm³/mol. The molecule has 0 aliphatic rings. The van der Waals surface area contributed by atoms with Crippen LogP contribution in [0.15, 0.2) is 52.9 Å². The Morgan fingerprint density at radius 3 is 2.64 bits per heavy atom. The molecule has 2 N–H and O–H groups in total. The van der Waals surface area contributed by atoms with Crippen molar-refractivity contribution in [3.63, 3.8) is 0 Å². The Balaban J connectivity index is 1.63. The van der Waals surface area contributed by atoms with E-state index in [1.54, 1.807) is 31.2 Å². The van der Waals surface area contributed by atoms with E-state index < -0.39 is 0 Å². The molecule has 1 atom stereocenters. The van der Waals surface area contributed by atoms with Crippen molar-refractivity contribution in [3.8, 4) is 6.07 Å². The largest absolute Gasteiger partial charge is 0.330 e. The van der Waals surface area contributed by atoms with Gasteiger partial charge in [-0.1, -0.05) is 60.4 Å². The van der Waals surface area contributed by atoms with Crippen LogP contribution in [0.2, 0.25) is 0 Å². The molecule has 1 amide bonds.